The minimum absolute atomic E-state index is 0.496. The fraction of sp³-hybridized carbons (Fsp3) is 0.125. The molecule has 1 aliphatic heterocycles. The molecule has 0 saturated heterocycles. The Morgan fingerprint density at radius 1 is 1.36 bits per heavy atom. The van der Waals surface area contributed by atoms with Crippen molar-refractivity contribution in [2.45, 2.75) is 13.5 Å². The standard InChI is InChI=1S/C16H17N5O/c1-9(15-4-10(6-17)7-19-15)13-8-20-14-3-2-11(5-12(13)14)21-16(18)22/h2-5,7-8,19H,6,17H2,1H3,(H3,18,21,22). The van der Waals surface area contributed by atoms with Crippen molar-refractivity contribution >= 4 is 34.8 Å². The number of aromatic nitrogens is 1. The van der Waals surface area contributed by atoms with Crippen LogP contribution in [0.15, 0.2) is 35.5 Å². The fourth-order valence-electron chi connectivity index (χ4n) is 2.51. The Kier molecular flexibility index (Phi) is 3.52. The van der Waals surface area contributed by atoms with E-state index in [1.165, 1.54) is 0 Å². The van der Waals surface area contributed by atoms with Crippen LogP contribution in [0.3, 0.4) is 0 Å². The number of carbonyl (C=O) groups is 1. The molecule has 22 heavy (non-hydrogen) atoms. The highest BCUT2D eigenvalue weighted by molar-refractivity contribution is 6.24. The molecule has 0 atom stereocenters. The van der Waals surface area contributed by atoms with Gasteiger partial charge in [0.1, 0.15) is 0 Å². The van der Waals surface area contributed by atoms with E-state index in [4.69, 9.17) is 11.5 Å². The number of benzene rings is 1. The first kappa shape index (κ1) is 14.1. The molecule has 112 valence electrons. The topological polar surface area (TPSA) is 109 Å². The third-order valence-electron chi connectivity index (χ3n) is 3.67. The minimum atomic E-state index is -0.585. The van der Waals surface area contributed by atoms with Crippen LogP contribution < -0.4 is 16.8 Å². The number of fused-ring (bicyclic) bond motifs is 1. The van der Waals surface area contributed by atoms with Crippen LogP contribution in [-0.2, 0) is 6.54 Å². The summed E-state index contributed by atoms with van der Waals surface area (Å²) in [7, 11) is 0. The van der Waals surface area contributed by atoms with Crippen LogP contribution >= 0.6 is 0 Å². The number of aliphatic imine (C=N–C) groups is 1. The maximum Gasteiger partial charge on any atom is 0.316 e. The molecule has 1 aromatic heterocycles. The number of hydrogen-bond donors (Lipinski definition) is 4. The summed E-state index contributed by atoms with van der Waals surface area (Å²) in [6.07, 6.45) is 3.73. The summed E-state index contributed by atoms with van der Waals surface area (Å²) < 4.78 is 0. The van der Waals surface area contributed by atoms with Crippen LogP contribution in [0.2, 0.25) is 0 Å². The summed E-state index contributed by atoms with van der Waals surface area (Å²) >= 11 is 0. The van der Waals surface area contributed by atoms with Gasteiger partial charge >= 0.3 is 6.03 Å². The summed E-state index contributed by atoms with van der Waals surface area (Å²) in [5, 5.41) is 2.58. The molecule has 1 aromatic carbocycles. The summed E-state index contributed by atoms with van der Waals surface area (Å²) in [5.74, 6) is 0. The first-order chi connectivity index (χ1) is 10.6. The summed E-state index contributed by atoms with van der Waals surface area (Å²) in [5.41, 5.74) is 17.4. The average Bonchev–Trinajstić information content (AvgIpc) is 3.12. The zero-order valence-electron chi connectivity index (χ0n) is 12.2. The van der Waals surface area contributed by atoms with Crippen molar-refractivity contribution in [3.05, 3.63) is 47.3 Å². The van der Waals surface area contributed by atoms with E-state index >= 15 is 0 Å². The van der Waals surface area contributed by atoms with E-state index in [2.05, 4.69) is 15.3 Å². The molecule has 6 N–H and O–H groups in total. The number of aromatic amines is 1. The number of hydrogen-bond acceptors (Lipinski definition) is 3. The van der Waals surface area contributed by atoms with Crippen molar-refractivity contribution in [3.63, 3.8) is 0 Å². The number of nitrogens with one attached hydrogen (secondary N) is 2. The molecule has 0 spiro atoms. The van der Waals surface area contributed by atoms with Gasteiger partial charge in [-0.1, -0.05) is 0 Å². The average molecular weight is 295 g/mol. The SMILES string of the molecule is CC(=C1C=Nc2ccc(NC(N)=O)cc21)c1cc(CN)c[nH]1. The molecule has 2 heterocycles. The van der Waals surface area contributed by atoms with Gasteiger partial charge in [0, 0.05) is 41.5 Å². The zero-order valence-corrected chi connectivity index (χ0v) is 12.2. The van der Waals surface area contributed by atoms with Gasteiger partial charge in [-0.15, -0.1) is 0 Å². The third-order valence-corrected chi connectivity index (χ3v) is 3.67. The Hall–Kier alpha value is -2.86. The van der Waals surface area contributed by atoms with Crippen LogP contribution in [0, 0.1) is 0 Å². The Morgan fingerprint density at radius 3 is 2.86 bits per heavy atom. The first-order valence-corrected chi connectivity index (χ1v) is 6.92. The van der Waals surface area contributed by atoms with E-state index in [9.17, 15) is 4.79 Å². The molecule has 6 heteroatoms. The second-order valence-electron chi connectivity index (χ2n) is 5.14. The summed E-state index contributed by atoms with van der Waals surface area (Å²) in [6.45, 7) is 2.52. The predicted octanol–water partition coefficient (Wildman–Crippen LogP) is 2.61. The number of H-pyrrole nitrogens is 1. The second kappa shape index (κ2) is 5.50. The van der Waals surface area contributed by atoms with Crippen molar-refractivity contribution in [2.75, 3.05) is 5.32 Å². The smallest absolute Gasteiger partial charge is 0.316 e. The molecule has 2 aromatic rings. The maximum atomic E-state index is 11.0. The molecule has 2 amide bonds. The van der Waals surface area contributed by atoms with E-state index in [0.717, 1.165) is 33.7 Å². The largest absolute Gasteiger partial charge is 0.361 e. The van der Waals surface area contributed by atoms with Gasteiger partial charge in [0.15, 0.2) is 0 Å². The quantitative estimate of drug-likeness (QED) is 0.698. The van der Waals surface area contributed by atoms with Gasteiger partial charge in [-0.3, -0.25) is 4.99 Å². The highest BCUT2D eigenvalue weighted by atomic mass is 16.2. The Bertz CT molecular complexity index is 801. The molecule has 0 radical (unpaired) electrons. The lowest BCUT2D eigenvalue weighted by molar-refractivity contribution is 0.259. The lowest BCUT2D eigenvalue weighted by Crippen LogP contribution is -2.19. The summed E-state index contributed by atoms with van der Waals surface area (Å²) in [4.78, 5) is 18.6. The van der Waals surface area contributed by atoms with Crippen LogP contribution in [-0.4, -0.2) is 17.2 Å². The number of primary amides is 1. The summed E-state index contributed by atoms with van der Waals surface area (Å²) in [6, 6.07) is 6.95. The van der Waals surface area contributed by atoms with Crippen molar-refractivity contribution in [3.8, 4) is 0 Å². The van der Waals surface area contributed by atoms with Crippen LogP contribution in [0.4, 0.5) is 16.2 Å². The van der Waals surface area contributed by atoms with Crippen LogP contribution in [0.1, 0.15) is 23.7 Å². The Labute approximate surface area is 127 Å². The monoisotopic (exact) mass is 295 g/mol. The molecule has 0 fully saturated rings. The molecular formula is C16H17N5O. The molecule has 3 rings (SSSR count). The van der Waals surface area contributed by atoms with Gasteiger partial charge in [0.05, 0.1) is 5.69 Å². The van der Waals surface area contributed by atoms with Crippen molar-refractivity contribution < 1.29 is 4.79 Å². The molecule has 0 aliphatic carbocycles. The Morgan fingerprint density at radius 2 is 2.18 bits per heavy atom. The van der Waals surface area contributed by atoms with Gasteiger partial charge in [-0.05, 0) is 42.3 Å². The van der Waals surface area contributed by atoms with Gasteiger partial charge < -0.3 is 21.8 Å². The molecule has 0 bridgehead atoms. The van der Waals surface area contributed by atoms with Gasteiger partial charge in [0.25, 0.3) is 0 Å². The van der Waals surface area contributed by atoms with Crippen molar-refractivity contribution in [1.29, 1.82) is 0 Å². The molecule has 1 aliphatic rings. The van der Waals surface area contributed by atoms with Gasteiger partial charge in [-0.25, -0.2) is 4.79 Å². The first-order valence-electron chi connectivity index (χ1n) is 6.92. The number of allylic oxidation sites excluding steroid dienone is 2. The maximum absolute atomic E-state index is 11.0. The van der Waals surface area contributed by atoms with E-state index in [0.29, 0.717) is 12.2 Å². The number of nitrogens with two attached hydrogens (primary N) is 2. The lowest BCUT2D eigenvalue weighted by atomic mass is 9.99. The minimum Gasteiger partial charge on any atom is -0.361 e. The fourth-order valence-corrected chi connectivity index (χ4v) is 2.51. The van der Waals surface area contributed by atoms with Crippen LogP contribution in [0.5, 0.6) is 0 Å². The zero-order chi connectivity index (χ0) is 15.7. The number of nitrogens with zero attached hydrogens (tertiary/aromatic N) is 1. The number of carbonyl (C=O) groups excluding carboxylic acids is 1. The number of anilines is 1. The molecule has 0 saturated carbocycles. The predicted molar refractivity (Wildman–Crippen MR) is 89.0 cm³/mol. The number of rotatable bonds is 3. The van der Waals surface area contributed by atoms with E-state index < -0.39 is 6.03 Å². The van der Waals surface area contributed by atoms with Crippen molar-refractivity contribution in [2.24, 2.45) is 16.5 Å². The van der Waals surface area contributed by atoms with Crippen molar-refractivity contribution in [1.82, 2.24) is 4.98 Å². The van der Waals surface area contributed by atoms with E-state index in [1.54, 1.807) is 6.07 Å². The number of urea groups is 1. The highest BCUT2D eigenvalue weighted by Crippen LogP contribution is 2.37. The van der Waals surface area contributed by atoms with E-state index in [-0.39, 0.29) is 0 Å². The van der Waals surface area contributed by atoms with Gasteiger partial charge in [0.2, 0.25) is 0 Å². The molecule has 6 nitrogen and oxygen atoms in total. The van der Waals surface area contributed by atoms with E-state index in [1.807, 2.05) is 37.5 Å². The van der Waals surface area contributed by atoms with Crippen LogP contribution in [0.25, 0.3) is 11.1 Å². The number of amides is 2. The normalized spacial score (nSPS) is 14.8. The Balaban J connectivity index is 2.03. The lowest BCUT2D eigenvalue weighted by Gasteiger charge is -2.08. The molecular weight excluding hydrogens is 278 g/mol. The second-order valence-corrected chi connectivity index (χ2v) is 5.14. The highest BCUT2D eigenvalue weighted by Gasteiger charge is 2.17. The van der Waals surface area contributed by atoms with Gasteiger partial charge in [-0.2, -0.15) is 0 Å². The third kappa shape index (κ3) is 2.51. The molecule has 0 unspecified atom stereocenters.